The molecule has 2 fully saturated rings. The molecule has 0 radical (unpaired) electrons. The number of hydrogen-bond donors (Lipinski definition) is 1. The summed E-state index contributed by atoms with van der Waals surface area (Å²) in [4.78, 5) is 23.0. The summed E-state index contributed by atoms with van der Waals surface area (Å²) in [5.41, 5.74) is 0. The summed E-state index contributed by atoms with van der Waals surface area (Å²) in [5, 5.41) is 8.54. The van der Waals surface area contributed by atoms with Crippen LogP contribution in [0.4, 0.5) is 0 Å². The molecule has 1 aliphatic heterocycles. The Morgan fingerprint density at radius 1 is 1.36 bits per heavy atom. The van der Waals surface area contributed by atoms with Gasteiger partial charge in [0.1, 0.15) is 0 Å². The maximum absolute atomic E-state index is 11.2. The Morgan fingerprint density at radius 3 is 2.64 bits per heavy atom. The Morgan fingerprint density at radius 2 is 2.07 bits per heavy atom. The fourth-order valence-electron chi connectivity index (χ4n) is 1.75. The molecule has 1 saturated carbocycles. The standard InChI is InChI=1S/C9H13NO4/c11-8(9(12)13)10-3-4-14-7(5-10)6-1-2-6/h6-7H,1-5H2,(H,12,13). The fourth-order valence-corrected chi connectivity index (χ4v) is 1.75. The molecule has 2 rings (SSSR count). The molecule has 1 atom stereocenters. The minimum Gasteiger partial charge on any atom is -0.474 e. The van der Waals surface area contributed by atoms with Gasteiger partial charge >= 0.3 is 11.9 Å². The number of amides is 1. The molecular formula is C9H13NO4. The van der Waals surface area contributed by atoms with Crippen molar-refractivity contribution >= 4 is 11.9 Å². The Bertz CT molecular complexity index is 262. The van der Waals surface area contributed by atoms with Gasteiger partial charge in [0.2, 0.25) is 0 Å². The second kappa shape index (κ2) is 3.57. The molecule has 1 amide bonds. The first-order valence-corrected chi connectivity index (χ1v) is 4.82. The third kappa shape index (κ3) is 1.87. The van der Waals surface area contributed by atoms with Gasteiger partial charge in [-0.3, -0.25) is 4.79 Å². The van der Waals surface area contributed by atoms with E-state index in [0.717, 1.165) is 12.8 Å². The van der Waals surface area contributed by atoms with Crippen LogP contribution in [0.5, 0.6) is 0 Å². The number of morpholine rings is 1. The van der Waals surface area contributed by atoms with E-state index in [2.05, 4.69) is 0 Å². The normalized spacial score (nSPS) is 27.4. The summed E-state index contributed by atoms with van der Waals surface area (Å²) in [6.07, 6.45) is 2.34. The minimum absolute atomic E-state index is 0.0621. The molecule has 1 aliphatic carbocycles. The Balaban J connectivity index is 1.92. The third-order valence-corrected chi connectivity index (χ3v) is 2.71. The molecule has 14 heavy (non-hydrogen) atoms. The van der Waals surface area contributed by atoms with Crippen LogP contribution >= 0.6 is 0 Å². The van der Waals surface area contributed by atoms with E-state index in [1.807, 2.05) is 0 Å². The first kappa shape index (κ1) is 9.45. The summed E-state index contributed by atoms with van der Waals surface area (Å²) in [6.45, 7) is 1.30. The fraction of sp³-hybridized carbons (Fsp3) is 0.778. The molecule has 0 spiro atoms. The van der Waals surface area contributed by atoms with Crippen LogP contribution in [0.1, 0.15) is 12.8 Å². The lowest BCUT2D eigenvalue weighted by atomic mass is 10.2. The molecule has 0 aromatic rings. The van der Waals surface area contributed by atoms with Crippen molar-refractivity contribution in [3.05, 3.63) is 0 Å². The second-order valence-corrected chi connectivity index (χ2v) is 3.80. The number of ether oxygens (including phenoxy) is 1. The molecule has 78 valence electrons. The maximum Gasteiger partial charge on any atom is 0.394 e. The van der Waals surface area contributed by atoms with E-state index in [-0.39, 0.29) is 6.10 Å². The van der Waals surface area contributed by atoms with Crippen LogP contribution < -0.4 is 0 Å². The largest absolute Gasteiger partial charge is 0.474 e. The number of nitrogens with zero attached hydrogens (tertiary/aromatic N) is 1. The first-order valence-electron chi connectivity index (χ1n) is 4.82. The smallest absolute Gasteiger partial charge is 0.394 e. The number of carbonyl (C=O) groups excluding carboxylic acids is 1. The molecule has 5 heteroatoms. The summed E-state index contributed by atoms with van der Waals surface area (Å²) >= 11 is 0. The molecule has 2 aliphatic rings. The van der Waals surface area contributed by atoms with Crippen LogP contribution in [0, 0.1) is 5.92 Å². The summed E-state index contributed by atoms with van der Waals surface area (Å²) in [7, 11) is 0. The minimum atomic E-state index is -1.37. The highest BCUT2D eigenvalue weighted by Gasteiger charge is 2.37. The second-order valence-electron chi connectivity index (χ2n) is 3.80. The van der Waals surface area contributed by atoms with Crippen LogP contribution in [0.25, 0.3) is 0 Å². The van der Waals surface area contributed by atoms with Gasteiger partial charge in [0.25, 0.3) is 0 Å². The monoisotopic (exact) mass is 199 g/mol. The Hall–Kier alpha value is -1.10. The molecule has 0 aromatic carbocycles. The van der Waals surface area contributed by atoms with Crippen molar-refractivity contribution in [3.8, 4) is 0 Å². The van der Waals surface area contributed by atoms with E-state index < -0.39 is 11.9 Å². The van der Waals surface area contributed by atoms with E-state index in [9.17, 15) is 9.59 Å². The van der Waals surface area contributed by atoms with Crippen molar-refractivity contribution in [2.75, 3.05) is 19.7 Å². The lowest BCUT2D eigenvalue weighted by Gasteiger charge is -2.31. The third-order valence-electron chi connectivity index (χ3n) is 2.71. The lowest BCUT2D eigenvalue weighted by Crippen LogP contribution is -2.48. The van der Waals surface area contributed by atoms with Gasteiger partial charge in [-0.1, -0.05) is 0 Å². The molecule has 5 nitrogen and oxygen atoms in total. The predicted molar refractivity (Wildman–Crippen MR) is 46.7 cm³/mol. The Labute approximate surface area is 81.6 Å². The molecule has 0 aromatic heterocycles. The van der Waals surface area contributed by atoms with E-state index in [0.29, 0.717) is 25.6 Å². The molecule has 1 saturated heterocycles. The number of carboxylic acid groups (broad SMARTS) is 1. The van der Waals surface area contributed by atoms with E-state index in [1.54, 1.807) is 0 Å². The zero-order valence-electron chi connectivity index (χ0n) is 7.81. The molecular weight excluding hydrogens is 186 g/mol. The first-order chi connectivity index (χ1) is 6.68. The molecule has 1 heterocycles. The van der Waals surface area contributed by atoms with Crippen molar-refractivity contribution in [1.29, 1.82) is 0 Å². The molecule has 1 unspecified atom stereocenters. The maximum atomic E-state index is 11.2. The van der Waals surface area contributed by atoms with Crippen molar-refractivity contribution in [2.24, 2.45) is 5.92 Å². The topological polar surface area (TPSA) is 66.8 Å². The quantitative estimate of drug-likeness (QED) is 0.589. The number of rotatable bonds is 1. The van der Waals surface area contributed by atoms with Crippen LogP contribution in [-0.2, 0) is 14.3 Å². The SMILES string of the molecule is O=C(O)C(=O)N1CCOC(C2CC2)C1. The van der Waals surface area contributed by atoms with Crippen molar-refractivity contribution < 1.29 is 19.4 Å². The van der Waals surface area contributed by atoms with Gasteiger partial charge in [-0.15, -0.1) is 0 Å². The summed E-state index contributed by atoms with van der Waals surface area (Å²) in [5.74, 6) is -1.64. The zero-order chi connectivity index (χ0) is 10.1. The van der Waals surface area contributed by atoms with E-state index in [4.69, 9.17) is 9.84 Å². The highest BCUT2D eigenvalue weighted by Crippen LogP contribution is 2.35. The van der Waals surface area contributed by atoms with E-state index in [1.165, 1.54) is 4.90 Å². The Kier molecular flexibility index (Phi) is 2.41. The molecule has 1 N–H and O–H groups in total. The van der Waals surface area contributed by atoms with Crippen molar-refractivity contribution in [1.82, 2.24) is 4.90 Å². The summed E-state index contributed by atoms with van der Waals surface area (Å²) in [6, 6.07) is 0. The van der Waals surface area contributed by atoms with Crippen LogP contribution in [0.2, 0.25) is 0 Å². The van der Waals surface area contributed by atoms with Crippen molar-refractivity contribution in [2.45, 2.75) is 18.9 Å². The van der Waals surface area contributed by atoms with Crippen molar-refractivity contribution in [3.63, 3.8) is 0 Å². The highest BCUT2D eigenvalue weighted by atomic mass is 16.5. The number of aliphatic carboxylic acids is 1. The van der Waals surface area contributed by atoms with Crippen LogP contribution in [-0.4, -0.2) is 47.7 Å². The van der Waals surface area contributed by atoms with Gasteiger partial charge in [-0.2, -0.15) is 0 Å². The van der Waals surface area contributed by atoms with Crippen LogP contribution in [0.15, 0.2) is 0 Å². The van der Waals surface area contributed by atoms with Gasteiger partial charge in [-0.25, -0.2) is 4.79 Å². The van der Waals surface area contributed by atoms with Gasteiger partial charge in [0.05, 0.1) is 12.7 Å². The summed E-state index contributed by atoms with van der Waals surface area (Å²) < 4.78 is 5.48. The van der Waals surface area contributed by atoms with E-state index >= 15 is 0 Å². The van der Waals surface area contributed by atoms with Gasteiger partial charge in [0.15, 0.2) is 0 Å². The average Bonchev–Trinajstić information content (AvgIpc) is 3.00. The predicted octanol–water partition coefficient (Wildman–Crippen LogP) is -0.292. The number of hydrogen-bond acceptors (Lipinski definition) is 3. The molecule has 0 bridgehead atoms. The lowest BCUT2D eigenvalue weighted by molar-refractivity contribution is -0.160. The van der Waals surface area contributed by atoms with Gasteiger partial charge in [0, 0.05) is 13.1 Å². The number of carbonyl (C=O) groups is 2. The van der Waals surface area contributed by atoms with Gasteiger partial charge in [-0.05, 0) is 18.8 Å². The van der Waals surface area contributed by atoms with Gasteiger partial charge < -0.3 is 14.7 Å². The number of carboxylic acids is 1. The highest BCUT2D eigenvalue weighted by molar-refractivity contribution is 6.31. The van der Waals surface area contributed by atoms with Crippen LogP contribution in [0.3, 0.4) is 0 Å². The zero-order valence-corrected chi connectivity index (χ0v) is 7.81. The average molecular weight is 199 g/mol.